The number of hydrogen-bond donors (Lipinski definition) is 1. The van der Waals surface area contributed by atoms with Crippen LogP contribution in [0.25, 0.3) is 0 Å². The van der Waals surface area contributed by atoms with Crippen molar-refractivity contribution < 1.29 is 19.0 Å². The fourth-order valence-electron chi connectivity index (χ4n) is 4.76. The van der Waals surface area contributed by atoms with Crippen LogP contribution < -0.4 is 14.8 Å². The van der Waals surface area contributed by atoms with E-state index in [0.717, 1.165) is 22.3 Å². The summed E-state index contributed by atoms with van der Waals surface area (Å²) < 4.78 is 20.0. The van der Waals surface area contributed by atoms with E-state index in [0.29, 0.717) is 68.8 Å². The molecule has 0 aliphatic carbocycles. The minimum absolute atomic E-state index is 0.310. The van der Waals surface area contributed by atoms with Crippen molar-refractivity contribution in [2.45, 2.75) is 50.8 Å². The number of nitrogens with zero attached hydrogens (tertiary/aromatic N) is 3. The predicted octanol–water partition coefficient (Wildman–Crippen LogP) is 8.12. The molecule has 5 rings (SSSR count). The van der Waals surface area contributed by atoms with Gasteiger partial charge in [0.15, 0.2) is 11.5 Å². The Labute approximate surface area is 268 Å². The van der Waals surface area contributed by atoms with Gasteiger partial charge in [0.1, 0.15) is 12.6 Å². The zero-order valence-electron chi connectivity index (χ0n) is 24.3. The first kappa shape index (κ1) is 31.0. The predicted molar refractivity (Wildman–Crippen MR) is 173 cm³/mol. The van der Waals surface area contributed by atoms with Crippen molar-refractivity contribution in [1.29, 1.82) is 0 Å². The van der Waals surface area contributed by atoms with Gasteiger partial charge in [-0.15, -0.1) is 5.10 Å². The van der Waals surface area contributed by atoms with E-state index in [-0.39, 0.29) is 0 Å². The summed E-state index contributed by atoms with van der Waals surface area (Å²) in [6, 6.07) is 18.9. The van der Waals surface area contributed by atoms with Crippen LogP contribution in [0.1, 0.15) is 48.6 Å². The number of carbonyl (C=O) groups is 1. The number of esters is 1. The number of nitrogens with one attached hydrogen (secondary N) is 1. The molecule has 0 radical (unpaired) electrons. The van der Waals surface area contributed by atoms with Gasteiger partial charge < -0.3 is 19.5 Å². The Hall–Kier alpha value is -3.47. The van der Waals surface area contributed by atoms with E-state index < -0.39 is 12.0 Å². The molecule has 3 aromatic carbocycles. The van der Waals surface area contributed by atoms with Gasteiger partial charge in [0.2, 0.25) is 11.1 Å². The third-order valence-electron chi connectivity index (χ3n) is 7.01. The summed E-state index contributed by atoms with van der Waals surface area (Å²) in [7, 11) is 1.59. The van der Waals surface area contributed by atoms with Crippen molar-refractivity contribution >= 4 is 51.2 Å². The van der Waals surface area contributed by atoms with Crippen LogP contribution in [0.4, 0.5) is 5.95 Å². The number of anilines is 1. The number of rotatable bonds is 11. The highest BCUT2D eigenvalue weighted by atomic mass is 79.9. The topological polar surface area (TPSA) is 87.5 Å². The summed E-state index contributed by atoms with van der Waals surface area (Å²) in [4.78, 5) is 18.2. The van der Waals surface area contributed by atoms with Gasteiger partial charge in [-0.2, -0.15) is 4.98 Å². The normalized spacial score (nSPS) is 14.2. The molecule has 1 atom stereocenters. The number of benzene rings is 3. The Morgan fingerprint density at radius 1 is 1.12 bits per heavy atom. The SMILES string of the molecule is CCCOC(=O)C1=C(C)Nc2nc(SCc3ccccc3Cl)nn2C1c1cc(Br)c(OCc2ccccc2C)c(OC)c1. The van der Waals surface area contributed by atoms with E-state index in [1.165, 1.54) is 11.8 Å². The van der Waals surface area contributed by atoms with E-state index in [2.05, 4.69) is 34.2 Å². The maximum Gasteiger partial charge on any atom is 0.338 e. The van der Waals surface area contributed by atoms with Crippen LogP contribution in [0.15, 0.2) is 81.6 Å². The Morgan fingerprint density at radius 2 is 1.86 bits per heavy atom. The molecule has 224 valence electrons. The van der Waals surface area contributed by atoms with Crippen molar-refractivity contribution in [2.75, 3.05) is 19.0 Å². The first-order valence-electron chi connectivity index (χ1n) is 13.8. The van der Waals surface area contributed by atoms with Crippen LogP contribution >= 0.6 is 39.3 Å². The maximum absolute atomic E-state index is 13.4. The Morgan fingerprint density at radius 3 is 2.58 bits per heavy atom. The molecule has 4 aromatic rings. The second-order valence-corrected chi connectivity index (χ2v) is 12.2. The standard InChI is InChI=1S/C32H32BrClN4O4S/c1-5-14-41-30(39)27-20(3)35-31-36-32(43-18-22-12-8-9-13-25(22)34)37-38(31)28(27)23-15-24(33)29(26(16-23)40-4)42-17-21-11-7-6-10-19(21)2/h6-13,15-16,28H,5,14,17-18H2,1-4H3,(H,35,36,37). The van der Waals surface area contributed by atoms with Crippen LogP contribution in [0, 0.1) is 6.92 Å². The second kappa shape index (κ2) is 13.9. The Kier molecular flexibility index (Phi) is 10.00. The minimum atomic E-state index is -0.626. The molecule has 0 spiro atoms. The van der Waals surface area contributed by atoms with Gasteiger partial charge in [-0.05, 0) is 76.7 Å². The van der Waals surface area contributed by atoms with Gasteiger partial charge in [-0.3, -0.25) is 0 Å². The van der Waals surface area contributed by atoms with Crippen LogP contribution in [0.3, 0.4) is 0 Å². The molecular weight excluding hydrogens is 652 g/mol. The third-order valence-corrected chi connectivity index (χ3v) is 8.85. The second-order valence-electron chi connectivity index (χ2n) is 9.99. The molecule has 2 heterocycles. The molecule has 1 aromatic heterocycles. The monoisotopic (exact) mass is 682 g/mol. The number of thioether (sulfide) groups is 1. The zero-order valence-corrected chi connectivity index (χ0v) is 27.5. The summed E-state index contributed by atoms with van der Waals surface area (Å²) in [5.41, 5.74) is 5.04. The molecule has 1 N–H and O–H groups in total. The largest absolute Gasteiger partial charge is 0.493 e. The fraction of sp³-hybridized carbons (Fsp3) is 0.281. The quantitative estimate of drug-likeness (QED) is 0.125. The average Bonchev–Trinajstić information content (AvgIpc) is 3.40. The summed E-state index contributed by atoms with van der Waals surface area (Å²) in [6.45, 7) is 6.54. The number of methoxy groups -OCH3 is 1. The number of allylic oxidation sites excluding steroid dienone is 1. The van der Waals surface area contributed by atoms with Crippen molar-refractivity contribution in [1.82, 2.24) is 14.8 Å². The van der Waals surface area contributed by atoms with Crippen molar-refractivity contribution in [3.63, 3.8) is 0 Å². The van der Waals surface area contributed by atoms with Gasteiger partial charge in [-0.25, -0.2) is 9.48 Å². The number of hydrogen-bond acceptors (Lipinski definition) is 8. The molecule has 0 amide bonds. The Balaban J connectivity index is 1.52. The molecule has 43 heavy (non-hydrogen) atoms. The molecule has 11 heteroatoms. The third kappa shape index (κ3) is 6.87. The van der Waals surface area contributed by atoms with E-state index in [1.54, 1.807) is 11.8 Å². The van der Waals surface area contributed by atoms with Crippen LogP contribution in [0.5, 0.6) is 11.5 Å². The number of aryl methyl sites for hydroxylation is 1. The van der Waals surface area contributed by atoms with E-state index in [4.69, 9.17) is 35.9 Å². The average molecular weight is 684 g/mol. The lowest BCUT2D eigenvalue weighted by atomic mass is 9.95. The summed E-state index contributed by atoms with van der Waals surface area (Å²) in [5, 5.41) is 9.32. The molecule has 0 fully saturated rings. The highest BCUT2D eigenvalue weighted by Crippen LogP contribution is 2.43. The molecular formula is C32H32BrClN4O4S. The molecule has 0 bridgehead atoms. The summed E-state index contributed by atoms with van der Waals surface area (Å²) in [6.07, 6.45) is 0.708. The van der Waals surface area contributed by atoms with Gasteiger partial charge in [0.05, 0.1) is 23.8 Å². The van der Waals surface area contributed by atoms with Crippen LogP contribution in [-0.4, -0.2) is 34.5 Å². The number of carbonyl (C=O) groups excluding carboxylic acids is 1. The molecule has 0 saturated carbocycles. The van der Waals surface area contributed by atoms with Crippen LogP contribution in [0.2, 0.25) is 5.02 Å². The van der Waals surface area contributed by atoms with E-state index in [9.17, 15) is 4.79 Å². The lowest BCUT2D eigenvalue weighted by Crippen LogP contribution is -2.30. The molecule has 8 nitrogen and oxygen atoms in total. The minimum Gasteiger partial charge on any atom is -0.493 e. The van der Waals surface area contributed by atoms with Crippen molar-refractivity contribution in [2.24, 2.45) is 0 Å². The summed E-state index contributed by atoms with van der Waals surface area (Å²) >= 11 is 11.5. The fourth-order valence-corrected chi connectivity index (χ4v) is 6.44. The van der Waals surface area contributed by atoms with Crippen LogP contribution in [-0.2, 0) is 21.9 Å². The highest BCUT2D eigenvalue weighted by Gasteiger charge is 2.36. The van der Waals surface area contributed by atoms with Gasteiger partial charge in [-0.1, -0.05) is 72.8 Å². The molecule has 1 aliphatic rings. The Bertz CT molecular complexity index is 1680. The number of fused-ring (bicyclic) bond motifs is 1. The van der Waals surface area contributed by atoms with E-state index in [1.807, 2.05) is 68.4 Å². The maximum atomic E-state index is 13.4. The lowest BCUT2D eigenvalue weighted by molar-refractivity contribution is -0.139. The number of aromatic nitrogens is 3. The van der Waals surface area contributed by atoms with Gasteiger partial charge in [0.25, 0.3) is 0 Å². The summed E-state index contributed by atoms with van der Waals surface area (Å²) in [5.74, 6) is 1.78. The number of halogens is 2. The van der Waals surface area contributed by atoms with Gasteiger partial charge >= 0.3 is 5.97 Å². The smallest absolute Gasteiger partial charge is 0.338 e. The molecule has 1 aliphatic heterocycles. The van der Waals surface area contributed by atoms with E-state index >= 15 is 0 Å². The first-order chi connectivity index (χ1) is 20.8. The molecule has 1 unspecified atom stereocenters. The molecule has 0 saturated heterocycles. The van der Waals surface area contributed by atoms with Crippen molar-refractivity contribution in [3.05, 3.63) is 104 Å². The first-order valence-corrected chi connectivity index (χ1v) is 16.0. The van der Waals surface area contributed by atoms with Gasteiger partial charge in [0, 0.05) is 16.5 Å². The highest BCUT2D eigenvalue weighted by molar-refractivity contribution is 9.10. The lowest BCUT2D eigenvalue weighted by Gasteiger charge is -2.29. The zero-order chi connectivity index (χ0) is 30.5. The van der Waals surface area contributed by atoms with Crippen molar-refractivity contribution in [3.8, 4) is 11.5 Å². The number of ether oxygens (including phenoxy) is 3.